The summed E-state index contributed by atoms with van der Waals surface area (Å²) < 4.78 is 5.99. The normalized spacial score (nSPS) is 44.4. The van der Waals surface area contributed by atoms with Crippen LogP contribution in [0.3, 0.4) is 0 Å². The van der Waals surface area contributed by atoms with Crippen LogP contribution in [0.15, 0.2) is 5.11 Å². The maximum atomic E-state index is 8.59. The average molecular weight is 235 g/mol. The van der Waals surface area contributed by atoms with Gasteiger partial charge >= 0.3 is 0 Å². The molecule has 0 aliphatic heterocycles. The molecule has 94 valence electrons. The number of ether oxygens (including phenoxy) is 1. The Bertz CT molecular complexity index is 333. The summed E-state index contributed by atoms with van der Waals surface area (Å²) in [4.78, 5) is 3.00. The molecule has 0 radical (unpaired) electrons. The van der Waals surface area contributed by atoms with Gasteiger partial charge in [0, 0.05) is 17.1 Å². The zero-order valence-corrected chi connectivity index (χ0v) is 10.5. The summed E-state index contributed by atoms with van der Waals surface area (Å²) >= 11 is 0. The Morgan fingerprint density at radius 2 is 1.94 bits per heavy atom. The summed E-state index contributed by atoms with van der Waals surface area (Å²) in [5.74, 6) is 2.33. The number of rotatable bonds is 4. The van der Waals surface area contributed by atoms with Gasteiger partial charge in [-0.1, -0.05) is 12.0 Å². The van der Waals surface area contributed by atoms with Gasteiger partial charge in [-0.3, -0.25) is 0 Å². The van der Waals surface area contributed by atoms with Crippen LogP contribution in [0.2, 0.25) is 0 Å². The smallest absolute Gasteiger partial charge is 0.0580 e. The lowest BCUT2D eigenvalue weighted by molar-refractivity contribution is 0.0439. The second-order valence-corrected chi connectivity index (χ2v) is 6.48. The van der Waals surface area contributed by atoms with E-state index in [1.165, 1.54) is 25.7 Å². The SMILES string of the molecule is C[C@@]1(N=[N+]=[N-])C[C@H]2C[C@@H](OCC3CC3)C[C@H]2C1. The number of azide groups is 1. The summed E-state index contributed by atoms with van der Waals surface area (Å²) in [5, 5.41) is 3.99. The molecule has 3 aliphatic rings. The molecule has 0 aromatic rings. The highest BCUT2D eigenvalue weighted by Gasteiger charge is 2.47. The minimum absolute atomic E-state index is 0.119. The predicted molar refractivity (Wildman–Crippen MR) is 65.5 cm³/mol. The molecular weight excluding hydrogens is 214 g/mol. The van der Waals surface area contributed by atoms with Gasteiger partial charge in [-0.2, -0.15) is 0 Å². The molecule has 0 unspecified atom stereocenters. The molecule has 0 bridgehead atoms. The quantitative estimate of drug-likeness (QED) is 0.416. The van der Waals surface area contributed by atoms with E-state index < -0.39 is 0 Å². The van der Waals surface area contributed by atoms with Crippen LogP contribution in [0, 0.1) is 17.8 Å². The van der Waals surface area contributed by atoms with E-state index in [1.807, 2.05) is 0 Å². The first-order valence-corrected chi connectivity index (χ1v) is 6.86. The van der Waals surface area contributed by atoms with Gasteiger partial charge < -0.3 is 4.74 Å². The number of fused-ring (bicyclic) bond motifs is 1. The van der Waals surface area contributed by atoms with Crippen molar-refractivity contribution in [3.8, 4) is 0 Å². The highest BCUT2D eigenvalue weighted by molar-refractivity contribution is 5.02. The van der Waals surface area contributed by atoms with E-state index in [0.29, 0.717) is 6.10 Å². The number of nitrogens with zero attached hydrogens (tertiary/aromatic N) is 3. The molecule has 3 rings (SSSR count). The van der Waals surface area contributed by atoms with Gasteiger partial charge in [-0.25, -0.2) is 0 Å². The molecule has 0 amide bonds. The fourth-order valence-corrected chi connectivity index (χ4v) is 3.75. The van der Waals surface area contributed by atoms with Crippen LogP contribution in [0.4, 0.5) is 0 Å². The van der Waals surface area contributed by atoms with Gasteiger partial charge in [0.15, 0.2) is 0 Å². The molecule has 17 heavy (non-hydrogen) atoms. The summed E-state index contributed by atoms with van der Waals surface area (Å²) in [5.41, 5.74) is 8.47. The van der Waals surface area contributed by atoms with Crippen LogP contribution in [-0.4, -0.2) is 18.2 Å². The molecule has 3 aliphatic carbocycles. The van der Waals surface area contributed by atoms with Crippen LogP contribution in [0.25, 0.3) is 10.4 Å². The summed E-state index contributed by atoms with van der Waals surface area (Å²) in [6.07, 6.45) is 7.72. The molecular formula is C13H21N3O. The summed E-state index contributed by atoms with van der Waals surface area (Å²) in [6.45, 7) is 3.09. The molecule has 3 fully saturated rings. The first-order chi connectivity index (χ1) is 8.18. The van der Waals surface area contributed by atoms with Crippen molar-refractivity contribution < 1.29 is 4.74 Å². The van der Waals surface area contributed by atoms with Gasteiger partial charge in [0.05, 0.1) is 6.10 Å². The van der Waals surface area contributed by atoms with E-state index in [0.717, 1.165) is 37.2 Å². The molecule has 0 aromatic carbocycles. The second-order valence-electron chi connectivity index (χ2n) is 6.48. The van der Waals surface area contributed by atoms with Gasteiger partial charge in [0.1, 0.15) is 0 Å². The molecule has 4 heteroatoms. The molecule has 4 atom stereocenters. The van der Waals surface area contributed by atoms with E-state index >= 15 is 0 Å². The van der Waals surface area contributed by atoms with Gasteiger partial charge in [0.2, 0.25) is 0 Å². The fourth-order valence-electron chi connectivity index (χ4n) is 3.75. The first kappa shape index (κ1) is 11.4. The second kappa shape index (κ2) is 4.18. The predicted octanol–water partition coefficient (Wildman–Crippen LogP) is 3.67. The summed E-state index contributed by atoms with van der Waals surface area (Å²) in [6, 6.07) is 0. The molecule has 0 spiro atoms. The lowest BCUT2D eigenvalue weighted by atomic mass is 9.97. The van der Waals surface area contributed by atoms with Crippen molar-refractivity contribution in [3.63, 3.8) is 0 Å². The Labute approximate surface area is 102 Å². The molecule has 3 saturated carbocycles. The van der Waals surface area contributed by atoms with Crippen LogP contribution >= 0.6 is 0 Å². The minimum Gasteiger partial charge on any atom is -0.378 e. The van der Waals surface area contributed by atoms with Crippen molar-refractivity contribution in [2.24, 2.45) is 22.9 Å². The zero-order chi connectivity index (χ0) is 11.9. The Morgan fingerprint density at radius 1 is 1.29 bits per heavy atom. The third kappa shape index (κ3) is 2.43. The average Bonchev–Trinajstić information content (AvgIpc) is 2.94. The maximum Gasteiger partial charge on any atom is 0.0580 e. The highest BCUT2D eigenvalue weighted by atomic mass is 16.5. The van der Waals surface area contributed by atoms with E-state index in [2.05, 4.69) is 16.9 Å². The lowest BCUT2D eigenvalue weighted by Gasteiger charge is -2.20. The Balaban J connectivity index is 1.51. The van der Waals surface area contributed by atoms with Crippen molar-refractivity contribution in [2.45, 2.75) is 57.1 Å². The van der Waals surface area contributed by atoms with Crippen molar-refractivity contribution in [3.05, 3.63) is 10.4 Å². The van der Waals surface area contributed by atoms with Crippen LogP contribution < -0.4 is 0 Å². The van der Waals surface area contributed by atoms with Crippen molar-refractivity contribution in [1.82, 2.24) is 0 Å². The Kier molecular flexibility index (Phi) is 2.80. The molecule has 0 N–H and O–H groups in total. The topological polar surface area (TPSA) is 58.0 Å². The summed E-state index contributed by atoms with van der Waals surface area (Å²) in [7, 11) is 0. The number of hydrogen-bond acceptors (Lipinski definition) is 2. The zero-order valence-electron chi connectivity index (χ0n) is 10.5. The van der Waals surface area contributed by atoms with Crippen LogP contribution in [0.1, 0.15) is 45.4 Å². The number of hydrogen-bond donors (Lipinski definition) is 0. The van der Waals surface area contributed by atoms with Crippen molar-refractivity contribution in [2.75, 3.05) is 6.61 Å². The largest absolute Gasteiger partial charge is 0.378 e. The van der Waals surface area contributed by atoms with Crippen LogP contribution in [-0.2, 0) is 4.74 Å². The third-order valence-corrected chi connectivity index (χ3v) is 4.75. The first-order valence-electron chi connectivity index (χ1n) is 6.86. The van der Waals surface area contributed by atoms with E-state index in [-0.39, 0.29) is 5.54 Å². The van der Waals surface area contributed by atoms with E-state index in [9.17, 15) is 0 Å². The van der Waals surface area contributed by atoms with Crippen LogP contribution in [0.5, 0.6) is 0 Å². The minimum atomic E-state index is -0.119. The standard InChI is InChI=1S/C13H21N3O/c1-13(15-16-14)6-10-4-12(5-11(10)7-13)17-8-9-2-3-9/h9-12H,2-8H2,1H3/t10-,11+,12-,13-. The van der Waals surface area contributed by atoms with Crippen molar-refractivity contribution in [1.29, 1.82) is 0 Å². The maximum absolute atomic E-state index is 8.59. The monoisotopic (exact) mass is 235 g/mol. The highest BCUT2D eigenvalue weighted by Crippen LogP contribution is 2.51. The molecule has 4 nitrogen and oxygen atoms in total. The van der Waals surface area contributed by atoms with E-state index in [1.54, 1.807) is 0 Å². The van der Waals surface area contributed by atoms with Crippen molar-refractivity contribution >= 4 is 0 Å². The van der Waals surface area contributed by atoms with Gasteiger partial charge in [-0.05, 0) is 61.8 Å². The Morgan fingerprint density at radius 3 is 2.47 bits per heavy atom. The van der Waals surface area contributed by atoms with Gasteiger partial charge in [0.25, 0.3) is 0 Å². The fraction of sp³-hybridized carbons (Fsp3) is 1.00. The van der Waals surface area contributed by atoms with E-state index in [4.69, 9.17) is 10.3 Å². The molecule has 0 heterocycles. The molecule has 0 saturated heterocycles. The lowest BCUT2D eigenvalue weighted by Crippen LogP contribution is -2.20. The molecule has 0 aromatic heterocycles. The van der Waals surface area contributed by atoms with Gasteiger partial charge in [-0.15, -0.1) is 0 Å². The Hall–Kier alpha value is -0.730. The third-order valence-electron chi connectivity index (χ3n) is 4.75.